The smallest absolute Gasteiger partial charge is 0.287 e. The minimum Gasteiger partial charge on any atom is -0.394 e. The van der Waals surface area contributed by atoms with Crippen molar-refractivity contribution in [1.29, 1.82) is 0 Å². The summed E-state index contributed by atoms with van der Waals surface area (Å²) in [5.74, 6) is 0. The molecule has 0 spiro atoms. The molecule has 0 saturated carbocycles. The highest BCUT2D eigenvalue weighted by atomic mass is 35.5. The molecule has 0 amide bonds. The van der Waals surface area contributed by atoms with Gasteiger partial charge in [0.25, 0.3) is 5.56 Å². The largest absolute Gasteiger partial charge is 0.394 e. The molecule has 0 aliphatic rings. The second kappa shape index (κ2) is 8.36. The molecule has 0 bridgehead atoms. The van der Waals surface area contributed by atoms with Gasteiger partial charge in [-0.3, -0.25) is 9.69 Å². The number of nitrogens with zero attached hydrogens (tertiary/aromatic N) is 3. The summed E-state index contributed by atoms with van der Waals surface area (Å²) < 4.78 is 1.15. The first-order chi connectivity index (χ1) is 9.88. The zero-order valence-electron chi connectivity index (χ0n) is 13.1. The van der Waals surface area contributed by atoms with E-state index in [-0.39, 0.29) is 23.7 Å². The van der Waals surface area contributed by atoms with Crippen molar-refractivity contribution >= 4 is 17.3 Å². The van der Waals surface area contributed by atoms with E-state index in [1.807, 2.05) is 0 Å². The van der Waals surface area contributed by atoms with Gasteiger partial charge in [-0.2, -0.15) is 5.10 Å². The lowest BCUT2D eigenvalue weighted by molar-refractivity contribution is 0.182. The molecule has 0 fully saturated rings. The number of aromatic nitrogens is 2. The molecule has 1 aromatic heterocycles. The van der Waals surface area contributed by atoms with Crippen molar-refractivity contribution in [3.05, 3.63) is 21.6 Å². The van der Waals surface area contributed by atoms with Crippen LogP contribution in [0.15, 0.2) is 11.0 Å². The summed E-state index contributed by atoms with van der Waals surface area (Å²) in [6.07, 6.45) is 1.52. The Labute approximate surface area is 130 Å². The molecule has 0 aliphatic heterocycles. The van der Waals surface area contributed by atoms with Gasteiger partial charge in [-0.1, -0.05) is 11.6 Å². The van der Waals surface area contributed by atoms with Gasteiger partial charge in [0.1, 0.15) is 5.02 Å². The van der Waals surface area contributed by atoms with Gasteiger partial charge in [-0.05, 0) is 27.7 Å². The fraction of sp³-hybridized carbons (Fsp3) is 0.714. The van der Waals surface area contributed by atoms with Gasteiger partial charge in [-0.25, -0.2) is 4.68 Å². The third-order valence-electron chi connectivity index (χ3n) is 3.31. The highest BCUT2D eigenvalue weighted by Crippen LogP contribution is 2.15. The number of nitrogens with one attached hydrogen (secondary N) is 1. The van der Waals surface area contributed by atoms with Crippen LogP contribution in [0, 0.1) is 0 Å². The van der Waals surface area contributed by atoms with Crippen molar-refractivity contribution in [3.8, 4) is 0 Å². The maximum Gasteiger partial charge on any atom is 0.287 e. The summed E-state index contributed by atoms with van der Waals surface area (Å²) in [6.45, 7) is 10.2. The van der Waals surface area contributed by atoms with Crippen LogP contribution in [0.3, 0.4) is 0 Å². The number of hydrogen-bond donors (Lipinski definition) is 2. The first kappa shape index (κ1) is 17.9. The lowest BCUT2D eigenvalue weighted by atomic mass is 10.2. The molecule has 1 aromatic rings. The quantitative estimate of drug-likeness (QED) is 0.759. The third-order valence-corrected chi connectivity index (χ3v) is 3.67. The molecule has 120 valence electrons. The maximum absolute atomic E-state index is 11.9. The summed E-state index contributed by atoms with van der Waals surface area (Å²) in [7, 11) is 0. The fourth-order valence-electron chi connectivity index (χ4n) is 2.27. The molecule has 7 heteroatoms. The lowest BCUT2D eigenvalue weighted by Crippen LogP contribution is -2.40. The van der Waals surface area contributed by atoms with Gasteiger partial charge >= 0.3 is 0 Å². The highest BCUT2D eigenvalue weighted by molar-refractivity contribution is 6.32. The minimum atomic E-state index is -0.389. The molecule has 0 saturated heterocycles. The Hall–Kier alpha value is -1.11. The van der Waals surface area contributed by atoms with E-state index < -0.39 is 0 Å². The Morgan fingerprint density at radius 1 is 1.38 bits per heavy atom. The Bertz CT molecular complexity index is 494. The topological polar surface area (TPSA) is 70.4 Å². The van der Waals surface area contributed by atoms with Crippen LogP contribution in [0.5, 0.6) is 0 Å². The van der Waals surface area contributed by atoms with Gasteiger partial charge in [0.2, 0.25) is 0 Å². The van der Waals surface area contributed by atoms with Crippen LogP contribution in [0.25, 0.3) is 0 Å². The van der Waals surface area contributed by atoms with Crippen molar-refractivity contribution < 1.29 is 5.11 Å². The summed E-state index contributed by atoms with van der Waals surface area (Å²) in [4.78, 5) is 14.2. The Kier molecular flexibility index (Phi) is 7.14. The summed E-state index contributed by atoms with van der Waals surface area (Å²) in [5.41, 5.74) is 0.142. The molecule has 0 radical (unpaired) electrons. The number of rotatable bonds is 8. The number of anilines is 1. The van der Waals surface area contributed by atoms with Gasteiger partial charge in [-0.15, -0.1) is 0 Å². The number of aliphatic hydroxyl groups is 1. The molecule has 0 atom stereocenters. The SMILES string of the molecule is CC(C)N(CCNc1cnn(CCO)c(=O)c1Cl)C(C)C. The normalized spacial score (nSPS) is 11.7. The summed E-state index contributed by atoms with van der Waals surface area (Å²) in [6, 6.07) is 0.913. The van der Waals surface area contributed by atoms with Crippen molar-refractivity contribution in [3.63, 3.8) is 0 Å². The van der Waals surface area contributed by atoms with E-state index in [2.05, 4.69) is 43.0 Å². The van der Waals surface area contributed by atoms with Crippen LogP contribution >= 0.6 is 11.6 Å². The van der Waals surface area contributed by atoms with Crippen molar-refractivity contribution in [2.24, 2.45) is 0 Å². The molecule has 1 heterocycles. The predicted molar refractivity (Wildman–Crippen MR) is 86.1 cm³/mol. The van der Waals surface area contributed by atoms with E-state index >= 15 is 0 Å². The standard InChI is InChI=1S/C14H25ClN4O2/c1-10(2)18(11(3)4)6-5-16-12-9-17-19(7-8-20)14(21)13(12)15/h9-11,16,20H,5-8H2,1-4H3. The Morgan fingerprint density at radius 3 is 2.52 bits per heavy atom. The van der Waals surface area contributed by atoms with Crippen LogP contribution in [-0.2, 0) is 6.54 Å². The fourth-order valence-corrected chi connectivity index (χ4v) is 2.49. The van der Waals surface area contributed by atoms with E-state index in [1.165, 1.54) is 6.20 Å². The van der Waals surface area contributed by atoms with Gasteiger partial charge < -0.3 is 10.4 Å². The molecule has 0 aromatic carbocycles. The third kappa shape index (κ3) is 4.98. The Balaban J connectivity index is 2.68. The zero-order chi connectivity index (χ0) is 16.0. The molecule has 2 N–H and O–H groups in total. The maximum atomic E-state index is 11.9. The minimum absolute atomic E-state index is 0.110. The second-order valence-corrected chi connectivity index (χ2v) is 5.85. The van der Waals surface area contributed by atoms with Crippen LogP contribution < -0.4 is 10.9 Å². The average molecular weight is 317 g/mol. The number of aliphatic hydroxyl groups excluding tert-OH is 1. The first-order valence-electron chi connectivity index (χ1n) is 7.24. The van der Waals surface area contributed by atoms with Crippen molar-refractivity contribution in [2.75, 3.05) is 25.0 Å². The second-order valence-electron chi connectivity index (χ2n) is 5.48. The number of hydrogen-bond acceptors (Lipinski definition) is 5. The van der Waals surface area contributed by atoms with Crippen molar-refractivity contribution in [2.45, 2.75) is 46.3 Å². The number of halogens is 1. The van der Waals surface area contributed by atoms with E-state index in [0.717, 1.165) is 11.2 Å². The Morgan fingerprint density at radius 2 is 2.00 bits per heavy atom. The van der Waals surface area contributed by atoms with E-state index in [0.29, 0.717) is 24.3 Å². The molecule has 0 aliphatic carbocycles. The monoisotopic (exact) mass is 316 g/mol. The van der Waals surface area contributed by atoms with Gasteiger partial charge in [0.15, 0.2) is 0 Å². The van der Waals surface area contributed by atoms with E-state index in [1.54, 1.807) is 0 Å². The summed E-state index contributed by atoms with van der Waals surface area (Å²) >= 11 is 6.04. The van der Waals surface area contributed by atoms with Crippen molar-refractivity contribution in [1.82, 2.24) is 14.7 Å². The zero-order valence-corrected chi connectivity index (χ0v) is 13.9. The van der Waals surface area contributed by atoms with Gasteiger partial charge in [0.05, 0.1) is 25.0 Å². The first-order valence-corrected chi connectivity index (χ1v) is 7.62. The van der Waals surface area contributed by atoms with Gasteiger partial charge in [0, 0.05) is 25.2 Å². The van der Waals surface area contributed by atoms with E-state index in [9.17, 15) is 4.79 Å². The predicted octanol–water partition coefficient (Wildman–Crippen LogP) is 1.42. The van der Waals surface area contributed by atoms with E-state index in [4.69, 9.17) is 16.7 Å². The molecular formula is C14H25ClN4O2. The molecule has 21 heavy (non-hydrogen) atoms. The molecule has 6 nitrogen and oxygen atoms in total. The summed E-state index contributed by atoms with van der Waals surface area (Å²) in [5, 5.41) is 16.1. The molecular weight excluding hydrogens is 292 g/mol. The molecule has 0 unspecified atom stereocenters. The van der Waals surface area contributed by atoms with Crippen LogP contribution in [0.1, 0.15) is 27.7 Å². The highest BCUT2D eigenvalue weighted by Gasteiger charge is 2.13. The average Bonchev–Trinajstić information content (AvgIpc) is 2.41. The van der Waals surface area contributed by atoms with Crippen LogP contribution in [-0.4, -0.2) is 51.6 Å². The van der Waals surface area contributed by atoms with Crippen LogP contribution in [0.4, 0.5) is 5.69 Å². The van der Waals surface area contributed by atoms with Crippen LogP contribution in [0.2, 0.25) is 5.02 Å². The molecule has 1 rings (SSSR count). The lowest BCUT2D eigenvalue weighted by Gasteiger charge is -2.30.